The average molecular weight is 254 g/mol. The summed E-state index contributed by atoms with van der Waals surface area (Å²) < 4.78 is 5.41. The van der Waals surface area contributed by atoms with Gasteiger partial charge in [-0.25, -0.2) is 0 Å². The minimum Gasteiger partial charge on any atom is -0.381 e. The number of nitrogens with one attached hydrogen (secondary N) is 1. The maximum Gasteiger partial charge on any atom is 0.0469 e. The van der Waals surface area contributed by atoms with Crippen LogP contribution in [0.2, 0.25) is 5.02 Å². The van der Waals surface area contributed by atoms with E-state index < -0.39 is 0 Å². The van der Waals surface area contributed by atoms with Crippen LogP contribution in [0.1, 0.15) is 18.4 Å². The molecule has 0 amide bonds. The van der Waals surface area contributed by atoms with Crippen molar-refractivity contribution in [1.29, 1.82) is 0 Å². The van der Waals surface area contributed by atoms with E-state index in [1.807, 2.05) is 19.2 Å². The molecule has 94 valence electrons. The standard InChI is InChI=1S/C14H20ClNO/c1-16-14(12-5-7-17-8-6-12)10-11-3-2-4-13(15)9-11/h2-4,9,12,14,16H,5-8,10H2,1H3. The molecule has 17 heavy (non-hydrogen) atoms. The molecule has 1 aliphatic heterocycles. The fourth-order valence-corrected chi connectivity index (χ4v) is 2.75. The average Bonchev–Trinajstić information content (AvgIpc) is 2.37. The fourth-order valence-electron chi connectivity index (χ4n) is 2.54. The first-order valence-corrected chi connectivity index (χ1v) is 6.67. The van der Waals surface area contributed by atoms with Crippen molar-refractivity contribution in [2.24, 2.45) is 5.92 Å². The lowest BCUT2D eigenvalue weighted by molar-refractivity contribution is 0.0547. The zero-order chi connectivity index (χ0) is 12.1. The molecule has 2 rings (SSSR count). The fraction of sp³-hybridized carbons (Fsp3) is 0.571. The molecule has 1 aromatic carbocycles. The number of halogens is 1. The lowest BCUT2D eigenvalue weighted by atomic mass is 9.88. The first-order chi connectivity index (χ1) is 8.29. The van der Waals surface area contributed by atoms with Crippen molar-refractivity contribution in [3.05, 3.63) is 34.9 Å². The van der Waals surface area contributed by atoms with Gasteiger partial charge in [-0.1, -0.05) is 23.7 Å². The largest absolute Gasteiger partial charge is 0.381 e. The lowest BCUT2D eigenvalue weighted by Gasteiger charge is -2.30. The second-order valence-corrected chi connectivity index (χ2v) is 5.12. The third-order valence-corrected chi connectivity index (χ3v) is 3.79. The van der Waals surface area contributed by atoms with Crippen LogP contribution < -0.4 is 5.32 Å². The van der Waals surface area contributed by atoms with Gasteiger partial charge in [0.15, 0.2) is 0 Å². The van der Waals surface area contributed by atoms with Gasteiger partial charge < -0.3 is 10.1 Å². The van der Waals surface area contributed by atoms with Crippen LogP contribution in [-0.2, 0) is 11.2 Å². The van der Waals surface area contributed by atoms with E-state index in [1.54, 1.807) is 0 Å². The third kappa shape index (κ3) is 3.70. The van der Waals surface area contributed by atoms with E-state index in [0.717, 1.165) is 37.5 Å². The van der Waals surface area contributed by atoms with Crippen molar-refractivity contribution in [1.82, 2.24) is 5.32 Å². The van der Waals surface area contributed by atoms with Gasteiger partial charge >= 0.3 is 0 Å². The lowest BCUT2D eigenvalue weighted by Crippen LogP contribution is -2.38. The first-order valence-electron chi connectivity index (χ1n) is 6.29. The molecule has 1 atom stereocenters. The van der Waals surface area contributed by atoms with Crippen LogP contribution in [0.15, 0.2) is 24.3 Å². The summed E-state index contributed by atoms with van der Waals surface area (Å²) in [6.07, 6.45) is 3.36. The Morgan fingerprint density at radius 3 is 2.82 bits per heavy atom. The smallest absolute Gasteiger partial charge is 0.0469 e. The summed E-state index contributed by atoms with van der Waals surface area (Å²) in [5.41, 5.74) is 1.31. The SMILES string of the molecule is CNC(Cc1cccc(Cl)c1)C1CCOCC1. The van der Waals surface area contributed by atoms with E-state index >= 15 is 0 Å². The summed E-state index contributed by atoms with van der Waals surface area (Å²) in [5, 5.41) is 4.26. The first kappa shape index (κ1) is 12.9. The summed E-state index contributed by atoms with van der Waals surface area (Å²) in [6, 6.07) is 8.68. The maximum atomic E-state index is 6.02. The Labute approximate surface area is 108 Å². The van der Waals surface area contributed by atoms with Crippen molar-refractivity contribution in [2.75, 3.05) is 20.3 Å². The van der Waals surface area contributed by atoms with Gasteiger partial charge in [-0.3, -0.25) is 0 Å². The topological polar surface area (TPSA) is 21.3 Å². The minimum absolute atomic E-state index is 0.525. The maximum absolute atomic E-state index is 6.02. The number of hydrogen-bond donors (Lipinski definition) is 1. The van der Waals surface area contributed by atoms with Crippen molar-refractivity contribution in [3.63, 3.8) is 0 Å². The highest BCUT2D eigenvalue weighted by Gasteiger charge is 2.22. The Balaban J connectivity index is 1.98. The van der Waals surface area contributed by atoms with Gasteiger partial charge in [-0.2, -0.15) is 0 Å². The Hall–Kier alpha value is -0.570. The van der Waals surface area contributed by atoms with Gasteiger partial charge in [0.05, 0.1) is 0 Å². The molecule has 0 aromatic heterocycles. The highest BCUT2D eigenvalue weighted by molar-refractivity contribution is 6.30. The van der Waals surface area contributed by atoms with E-state index in [0.29, 0.717) is 12.0 Å². The van der Waals surface area contributed by atoms with Crippen LogP contribution in [0.3, 0.4) is 0 Å². The van der Waals surface area contributed by atoms with Gasteiger partial charge in [0.25, 0.3) is 0 Å². The van der Waals surface area contributed by atoms with Gasteiger partial charge in [0.2, 0.25) is 0 Å². The molecule has 1 aliphatic rings. The van der Waals surface area contributed by atoms with Gasteiger partial charge in [-0.05, 0) is 49.9 Å². The molecule has 0 spiro atoms. The summed E-state index contributed by atoms with van der Waals surface area (Å²) >= 11 is 6.02. The Morgan fingerprint density at radius 2 is 2.18 bits per heavy atom. The number of hydrogen-bond acceptors (Lipinski definition) is 2. The highest BCUT2D eigenvalue weighted by atomic mass is 35.5. The molecule has 1 heterocycles. The molecular weight excluding hydrogens is 234 g/mol. The molecule has 1 N–H and O–H groups in total. The van der Waals surface area contributed by atoms with Crippen molar-refractivity contribution >= 4 is 11.6 Å². The number of benzene rings is 1. The molecule has 1 saturated heterocycles. The summed E-state index contributed by atoms with van der Waals surface area (Å²) in [7, 11) is 2.05. The van der Waals surface area contributed by atoms with Crippen molar-refractivity contribution < 1.29 is 4.74 Å². The number of ether oxygens (including phenoxy) is 1. The molecule has 2 nitrogen and oxygen atoms in total. The van der Waals surface area contributed by atoms with E-state index in [-0.39, 0.29) is 0 Å². The summed E-state index contributed by atoms with van der Waals surface area (Å²) in [4.78, 5) is 0. The zero-order valence-corrected chi connectivity index (χ0v) is 11.0. The van der Waals surface area contributed by atoms with Crippen molar-refractivity contribution in [2.45, 2.75) is 25.3 Å². The molecule has 1 fully saturated rings. The normalized spacial score (nSPS) is 19.2. The van der Waals surface area contributed by atoms with Crippen LogP contribution in [0.5, 0.6) is 0 Å². The van der Waals surface area contributed by atoms with Crippen LogP contribution in [0.4, 0.5) is 0 Å². The molecule has 1 aromatic rings. The van der Waals surface area contributed by atoms with Crippen LogP contribution in [0.25, 0.3) is 0 Å². The van der Waals surface area contributed by atoms with E-state index in [1.165, 1.54) is 5.56 Å². The van der Waals surface area contributed by atoms with Crippen LogP contribution in [0, 0.1) is 5.92 Å². The molecule has 3 heteroatoms. The van der Waals surface area contributed by atoms with Crippen LogP contribution in [-0.4, -0.2) is 26.3 Å². The number of likely N-dealkylation sites (N-methyl/N-ethyl adjacent to an activating group) is 1. The van der Waals surface area contributed by atoms with Gasteiger partial charge in [0.1, 0.15) is 0 Å². The second-order valence-electron chi connectivity index (χ2n) is 4.68. The van der Waals surface area contributed by atoms with E-state index in [9.17, 15) is 0 Å². The van der Waals surface area contributed by atoms with Crippen LogP contribution >= 0.6 is 11.6 Å². The molecule has 0 radical (unpaired) electrons. The molecular formula is C14H20ClNO. The zero-order valence-electron chi connectivity index (χ0n) is 10.3. The molecule has 0 aliphatic carbocycles. The predicted octanol–water partition coefficient (Wildman–Crippen LogP) is 2.90. The second kappa shape index (κ2) is 6.39. The molecule has 0 saturated carbocycles. The number of rotatable bonds is 4. The van der Waals surface area contributed by atoms with Gasteiger partial charge in [0, 0.05) is 24.3 Å². The predicted molar refractivity (Wildman–Crippen MR) is 71.5 cm³/mol. The monoisotopic (exact) mass is 253 g/mol. The molecule has 1 unspecified atom stereocenters. The molecule has 0 bridgehead atoms. The summed E-state index contributed by atoms with van der Waals surface area (Å²) in [6.45, 7) is 1.80. The Kier molecular flexibility index (Phi) is 4.84. The Bertz CT molecular complexity index is 350. The van der Waals surface area contributed by atoms with Crippen molar-refractivity contribution in [3.8, 4) is 0 Å². The Morgan fingerprint density at radius 1 is 1.41 bits per heavy atom. The quantitative estimate of drug-likeness (QED) is 0.891. The summed E-state index contributed by atoms with van der Waals surface area (Å²) in [5.74, 6) is 0.715. The van der Waals surface area contributed by atoms with E-state index in [4.69, 9.17) is 16.3 Å². The third-order valence-electron chi connectivity index (χ3n) is 3.55. The van der Waals surface area contributed by atoms with Gasteiger partial charge in [-0.15, -0.1) is 0 Å². The highest BCUT2D eigenvalue weighted by Crippen LogP contribution is 2.22. The minimum atomic E-state index is 0.525. The van der Waals surface area contributed by atoms with E-state index in [2.05, 4.69) is 17.4 Å².